The van der Waals surface area contributed by atoms with E-state index in [1.54, 1.807) is 12.1 Å². The Morgan fingerprint density at radius 2 is 1.67 bits per heavy atom. The monoisotopic (exact) mass is 262 g/mol. The van der Waals surface area contributed by atoms with E-state index in [0.29, 0.717) is 11.4 Å². The van der Waals surface area contributed by atoms with Crippen molar-refractivity contribution >= 4 is 11.6 Å². The number of benzene rings is 2. The fourth-order valence-corrected chi connectivity index (χ4v) is 2.29. The molecule has 3 heteroatoms. The first-order valence-electron chi connectivity index (χ1n) is 5.84. The van der Waals surface area contributed by atoms with Crippen molar-refractivity contribution in [2.24, 2.45) is 0 Å². The number of phenolic OH excluding ortho intramolecular Hbond substituents is 1. The first kappa shape index (κ1) is 12.9. The van der Waals surface area contributed by atoms with Gasteiger partial charge < -0.3 is 10.2 Å². The van der Waals surface area contributed by atoms with Crippen LogP contribution in [0.1, 0.15) is 17.0 Å². The van der Waals surface area contributed by atoms with E-state index in [1.807, 2.05) is 36.4 Å². The molecule has 0 aliphatic rings. The van der Waals surface area contributed by atoms with Gasteiger partial charge in [-0.3, -0.25) is 0 Å². The molecule has 0 saturated carbocycles. The standard InChI is InChI=1S/C15H15ClO2/c16-15-4-2-1-3-14(15)12(10-17)9-11-5-7-13(18)8-6-11/h1-8,12,17-18H,9-10H2. The molecule has 0 spiro atoms. The van der Waals surface area contributed by atoms with Crippen molar-refractivity contribution in [1.29, 1.82) is 0 Å². The maximum Gasteiger partial charge on any atom is 0.115 e. The molecule has 0 amide bonds. The normalized spacial score (nSPS) is 12.3. The van der Waals surface area contributed by atoms with Gasteiger partial charge in [0.1, 0.15) is 5.75 Å². The molecule has 0 aliphatic carbocycles. The van der Waals surface area contributed by atoms with Gasteiger partial charge in [0, 0.05) is 10.9 Å². The van der Waals surface area contributed by atoms with Crippen molar-refractivity contribution in [1.82, 2.24) is 0 Å². The van der Waals surface area contributed by atoms with Crippen LogP contribution in [0.5, 0.6) is 5.75 Å². The molecule has 0 heterocycles. The second kappa shape index (κ2) is 5.89. The van der Waals surface area contributed by atoms with E-state index in [1.165, 1.54) is 0 Å². The lowest BCUT2D eigenvalue weighted by molar-refractivity contribution is 0.264. The summed E-state index contributed by atoms with van der Waals surface area (Å²) in [6.07, 6.45) is 0.695. The first-order valence-corrected chi connectivity index (χ1v) is 6.21. The molecule has 2 aromatic carbocycles. The largest absolute Gasteiger partial charge is 0.508 e. The summed E-state index contributed by atoms with van der Waals surface area (Å²) in [4.78, 5) is 0. The number of halogens is 1. The molecule has 2 nitrogen and oxygen atoms in total. The molecule has 0 saturated heterocycles. The number of aromatic hydroxyl groups is 1. The molecule has 2 aromatic rings. The van der Waals surface area contributed by atoms with Crippen molar-refractivity contribution in [3.05, 3.63) is 64.7 Å². The molecule has 1 unspecified atom stereocenters. The molecule has 0 fully saturated rings. The summed E-state index contributed by atoms with van der Waals surface area (Å²) in [5.74, 6) is 0.222. The summed E-state index contributed by atoms with van der Waals surface area (Å²) in [6, 6.07) is 14.6. The van der Waals surface area contributed by atoms with Gasteiger partial charge in [0.25, 0.3) is 0 Å². The van der Waals surface area contributed by atoms with E-state index in [0.717, 1.165) is 11.1 Å². The third kappa shape index (κ3) is 3.03. The minimum atomic E-state index is -0.0248. The fraction of sp³-hybridized carbons (Fsp3) is 0.200. The van der Waals surface area contributed by atoms with E-state index in [9.17, 15) is 10.2 Å². The second-order valence-electron chi connectivity index (χ2n) is 4.27. The van der Waals surface area contributed by atoms with Gasteiger partial charge >= 0.3 is 0 Å². The van der Waals surface area contributed by atoms with E-state index in [-0.39, 0.29) is 18.3 Å². The highest BCUT2D eigenvalue weighted by atomic mass is 35.5. The zero-order chi connectivity index (χ0) is 13.0. The Hall–Kier alpha value is -1.51. The molecule has 18 heavy (non-hydrogen) atoms. The van der Waals surface area contributed by atoms with Gasteiger partial charge in [0.05, 0.1) is 6.61 Å². The minimum absolute atomic E-state index is 0.0248. The Morgan fingerprint density at radius 1 is 1.00 bits per heavy atom. The van der Waals surface area contributed by atoms with Crippen molar-refractivity contribution in [3.8, 4) is 5.75 Å². The number of hydrogen-bond donors (Lipinski definition) is 2. The maximum atomic E-state index is 9.51. The SMILES string of the molecule is OCC(Cc1ccc(O)cc1)c1ccccc1Cl. The van der Waals surface area contributed by atoms with Crippen LogP contribution in [0.25, 0.3) is 0 Å². The van der Waals surface area contributed by atoms with E-state index in [2.05, 4.69) is 0 Å². The summed E-state index contributed by atoms with van der Waals surface area (Å²) >= 11 is 6.14. The molecule has 2 rings (SSSR count). The summed E-state index contributed by atoms with van der Waals surface area (Å²) in [5, 5.41) is 19.4. The quantitative estimate of drug-likeness (QED) is 0.887. The topological polar surface area (TPSA) is 40.5 Å². The van der Waals surface area contributed by atoms with Crippen LogP contribution in [-0.4, -0.2) is 16.8 Å². The van der Waals surface area contributed by atoms with Crippen molar-refractivity contribution in [3.63, 3.8) is 0 Å². The van der Waals surface area contributed by atoms with Crippen LogP contribution in [0.15, 0.2) is 48.5 Å². The Kier molecular flexibility index (Phi) is 4.24. The number of rotatable bonds is 4. The number of aliphatic hydroxyl groups excluding tert-OH is 1. The van der Waals surface area contributed by atoms with E-state index >= 15 is 0 Å². The van der Waals surface area contributed by atoms with Gasteiger partial charge in [-0.1, -0.05) is 41.9 Å². The molecule has 0 bridgehead atoms. The summed E-state index contributed by atoms with van der Waals surface area (Å²) < 4.78 is 0. The van der Waals surface area contributed by atoms with Gasteiger partial charge in [-0.25, -0.2) is 0 Å². The van der Waals surface area contributed by atoms with Gasteiger partial charge in [-0.15, -0.1) is 0 Å². The highest BCUT2D eigenvalue weighted by Crippen LogP contribution is 2.27. The lowest BCUT2D eigenvalue weighted by Crippen LogP contribution is -2.08. The predicted molar refractivity (Wildman–Crippen MR) is 73.1 cm³/mol. The van der Waals surface area contributed by atoms with Crippen molar-refractivity contribution in [2.75, 3.05) is 6.61 Å². The van der Waals surface area contributed by atoms with Crippen LogP contribution >= 0.6 is 11.6 Å². The average Bonchev–Trinajstić information content (AvgIpc) is 2.39. The third-order valence-corrected chi connectivity index (χ3v) is 3.33. The van der Waals surface area contributed by atoms with Crippen LogP contribution in [0, 0.1) is 0 Å². The van der Waals surface area contributed by atoms with Crippen LogP contribution in [0.2, 0.25) is 5.02 Å². The van der Waals surface area contributed by atoms with E-state index in [4.69, 9.17) is 11.6 Å². The third-order valence-electron chi connectivity index (χ3n) is 2.98. The van der Waals surface area contributed by atoms with Crippen LogP contribution in [0.3, 0.4) is 0 Å². The number of aliphatic hydroxyl groups is 1. The Balaban J connectivity index is 2.20. The maximum absolute atomic E-state index is 9.51. The zero-order valence-corrected chi connectivity index (χ0v) is 10.6. The molecule has 2 N–H and O–H groups in total. The molecule has 0 aromatic heterocycles. The van der Waals surface area contributed by atoms with Crippen molar-refractivity contribution < 1.29 is 10.2 Å². The highest BCUT2D eigenvalue weighted by molar-refractivity contribution is 6.31. The lowest BCUT2D eigenvalue weighted by Gasteiger charge is -2.16. The van der Waals surface area contributed by atoms with Gasteiger partial charge in [-0.2, -0.15) is 0 Å². The average molecular weight is 263 g/mol. The van der Waals surface area contributed by atoms with Gasteiger partial charge in [0.15, 0.2) is 0 Å². The molecular formula is C15H15ClO2. The second-order valence-corrected chi connectivity index (χ2v) is 4.68. The molecular weight excluding hydrogens is 248 g/mol. The Morgan fingerprint density at radius 3 is 2.28 bits per heavy atom. The molecule has 94 valence electrons. The molecule has 0 aliphatic heterocycles. The van der Waals surface area contributed by atoms with Crippen LogP contribution in [0.4, 0.5) is 0 Å². The molecule has 1 atom stereocenters. The summed E-state index contributed by atoms with van der Waals surface area (Å²) in [5.41, 5.74) is 2.02. The van der Waals surface area contributed by atoms with Crippen molar-refractivity contribution in [2.45, 2.75) is 12.3 Å². The van der Waals surface area contributed by atoms with Crippen LogP contribution < -0.4 is 0 Å². The van der Waals surface area contributed by atoms with E-state index < -0.39 is 0 Å². The molecule has 0 radical (unpaired) electrons. The smallest absolute Gasteiger partial charge is 0.115 e. The Bertz CT molecular complexity index is 508. The summed E-state index contributed by atoms with van der Waals surface area (Å²) in [7, 11) is 0. The first-order chi connectivity index (χ1) is 8.70. The van der Waals surface area contributed by atoms with Gasteiger partial charge in [0.2, 0.25) is 0 Å². The van der Waals surface area contributed by atoms with Crippen LogP contribution in [-0.2, 0) is 6.42 Å². The zero-order valence-electron chi connectivity index (χ0n) is 9.88. The predicted octanol–water partition coefficient (Wildman–Crippen LogP) is 3.36. The fourth-order valence-electron chi connectivity index (χ4n) is 2.00. The number of hydrogen-bond acceptors (Lipinski definition) is 2. The number of phenols is 1. The Labute approximate surface area is 111 Å². The summed E-state index contributed by atoms with van der Waals surface area (Å²) in [6.45, 7) is 0.0462. The highest BCUT2D eigenvalue weighted by Gasteiger charge is 2.14. The lowest BCUT2D eigenvalue weighted by atomic mass is 9.92. The minimum Gasteiger partial charge on any atom is -0.508 e. The van der Waals surface area contributed by atoms with Gasteiger partial charge in [-0.05, 0) is 35.7 Å².